The highest BCUT2D eigenvalue weighted by atomic mass is 19.4. The number of carbonyl (C=O) groups excluding carboxylic acids is 1. The van der Waals surface area contributed by atoms with Crippen molar-refractivity contribution in [3.8, 4) is 0 Å². The number of pyridine rings is 1. The molecular weight excluding hydrogens is 425 g/mol. The molecule has 1 aliphatic heterocycles. The minimum absolute atomic E-state index is 0.215. The topological polar surface area (TPSA) is 105 Å². The fourth-order valence-electron chi connectivity index (χ4n) is 3.79. The van der Waals surface area contributed by atoms with Gasteiger partial charge in [0, 0.05) is 38.6 Å². The van der Waals surface area contributed by atoms with Crippen LogP contribution in [0, 0.1) is 0 Å². The third-order valence-corrected chi connectivity index (χ3v) is 5.33. The highest BCUT2D eigenvalue weighted by Crippen LogP contribution is 2.30. The van der Waals surface area contributed by atoms with Gasteiger partial charge < -0.3 is 16.0 Å². The lowest BCUT2D eigenvalue weighted by molar-refractivity contribution is -0.141. The maximum Gasteiger partial charge on any atom is 0.433 e. The van der Waals surface area contributed by atoms with E-state index in [1.807, 2.05) is 0 Å². The number of halogens is 3. The van der Waals surface area contributed by atoms with Crippen LogP contribution in [0.4, 0.5) is 30.4 Å². The van der Waals surface area contributed by atoms with Gasteiger partial charge in [0.15, 0.2) is 11.5 Å². The van der Waals surface area contributed by atoms with Crippen molar-refractivity contribution in [1.82, 2.24) is 24.5 Å². The SMILES string of the molecule is CCCN1CCN(c2ccncc2NC(=O)c2c(N)nn3ccc(C(F)(F)F)nc23)CC1. The molecule has 3 N–H and O–H groups in total. The molecular formula is C20H23F3N8O. The smallest absolute Gasteiger partial charge is 0.381 e. The zero-order valence-electron chi connectivity index (χ0n) is 17.4. The number of aromatic nitrogens is 4. The van der Waals surface area contributed by atoms with Crippen LogP contribution in [-0.2, 0) is 6.18 Å². The number of nitrogens with two attached hydrogens (primary N) is 1. The van der Waals surface area contributed by atoms with E-state index >= 15 is 0 Å². The Labute approximate surface area is 182 Å². The van der Waals surface area contributed by atoms with Crippen LogP contribution in [-0.4, -0.2) is 63.1 Å². The van der Waals surface area contributed by atoms with Crippen molar-refractivity contribution in [3.05, 3.63) is 42.0 Å². The summed E-state index contributed by atoms with van der Waals surface area (Å²) in [6, 6.07) is 2.57. The van der Waals surface area contributed by atoms with E-state index in [2.05, 4.69) is 37.1 Å². The van der Waals surface area contributed by atoms with Gasteiger partial charge in [0.1, 0.15) is 11.3 Å². The Bertz CT molecular complexity index is 1120. The van der Waals surface area contributed by atoms with Crippen molar-refractivity contribution in [2.45, 2.75) is 19.5 Å². The Balaban J connectivity index is 1.60. The number of rotatable bonds is 5. The fourth-order valence-corrected chi connectivity index (χ4v) is 3.79. The Morgan fingerprint density at radius 1 is 1.22 bits per heavy atom. The maximum absolute atomic E-state index is 13.1. The van der Waals surface area contributed by atoms with Crippen molar-refractivity contribution >= 4 is 28.7 Å². The zero-order chi connectivity index (χ0) is 22.9. The second-order valence-corrected chi connectivity index (χ2v) is 7.51. The van der Waals surface area contributed by atoms with E-state index in [4.69, 9.17) is 5.73 Å². The number of alkyl halides is 3. The number of amides is 1. The van der Waals surface area contributed by atoms with Crippen molar-refractivity contribution in [1.29, 1.82) is 0 Å². The normalized spacial score (nSPS) is 15.3. The molecule has 9 nitrogen and oxygen atoms in total. The Morgan fingerprint density at radius 3 is 2.66 bits per heavy atom. The molecule has 0 unspecified atom stereocenters. The standard InChI is InChI=1S/C20H23F3N8O/c1-2-6-29-8-10-30(11-9-29)14-3-5-25-12-13(14)26-19(32)16-17(24)28-31-7-4-15(20(21,22)23)27-18(16)31/h3-5,7,12H,2,6,8-11H2,1H3,(H2,24,28)(H,26,32). The van der Waals surface area contributed by atoms with Gasteiger partial charge in [-0.15, -0.1) is 5.10 Å². The van der Waals surface area contributed by atoms with E-state index in [0.29, 0.717) is 5.69 Å². The zero-order valence-corrected chi connectivity index (χ0v) is 17.4. The molecule has 3 aromatic heterocycles. The highest BCUT2D eigenvalue weighted by Gasteiger charge is 2.34. The number of carbonyl (C=O) groups is 1. The lowest BCUT2D eigenvalue weighted by Gasteiger charge is -2.36. The largest absolute Gasteiger partial charge is 0.433 e. The van der Waals surface area contributed by atoms with Gasteiger partial charge in [0.2, 0.25) is 0 Å². The van der Waals surface area contributed by atoms with Gasteiger partial charge in [-0.2, -0.15) is 13.2 Å². The first-order valence-corrected chi connectivity index (χ1v) is 10.2. The predicted molar refractivity (Wildman–Crippen MR) is 114 cm³/mol. The highest BCUT2D eigenvalue weighted by molar-refractivity contribution is 6.12. The average Bonchev–Trinajstić information content (AvgIpc) is 3.09. The van der Waals surface area contributed by atoms with E-state index in [1.165, 1.54) is 6.20 Å². The summed E-state index contributed by atoms with van der Waals surface area (Å²) in [6.45, 7) is 6.53. The number of hydrogen-bond acceptors (Lipinski definition) is 7. The number of fused-ring (bicyclic) bond motifs is 1. The van der Waals surface area contributed by atoms with E-state index in [0.717, 1.165) is 61.6 Å². The molecule has 0 saturated carbocycles. The monoisotopic (exact) mass is 448 g/mol. The van der Waals surface area contributed by atoms with Crippen molar-refractivity contribution in [2.75, 3.05) is 48.7 Å². The summed E-state index contributed by atoms with van der Waals surface area (Å²) in [7, 11) is 0. The van der Waals surface area contributed by atoms with Gasteiger partial charge in [0.25, 0.3) is 5.91 Å². The molecule has 0 bridgehead atoms. The van der Waals surface area contributed by atoms with E-state index in [-0.39, 0.29) is 17.0 Å². The van der Waals surface area contributed by atoms with Gasteiger partial charge in [0.05, 0.1) is 17.6 Å². The van der Waals surface area contributed by atoms with Gasteiger partial charge in [-0.05, 0) is 25.1 Å². The van der Waals surface area contributed by atoms with Crippen LogP contribution in [0.25, 0.3) is 5.65 Å². The summed E-state index contributed by atoms with van der Waals surface area (Å²) >= 11 is 0. The minimum atomic E-state index is -4.66. The van der Waals surface area contributed by atoms with Crippen LogP contribution in [0.2, 0.25) is 0 Å². The van der Waals surface area contributed by atoms with E-state index in [9.17, 15) is 18.0 Å². The summed E-state index contributed by atoms with van der Waals surface area (Å²) in [4.78, 5) is 25.2. The molecule has 1 fully saturated rings. The first-order chi connectivity index (χ1) is 15.3. The van der Waals surface area contributed by atoms with Crippen LogP contribution in [0.15, 0.2) is 30.7 Å². The number of nitrogens with zero attached hydrogens (tertiary/aromatic N) is 6. The molecule has 3 aromatic rings. The fraction of sp³-hybridized carbons (Fsp3) is 0.400. The third kappa shape index (κ3) is 4.31. The Kier molecular flexibility index (Phi) is 5.87. The molecule has 32 heavy (non-hydrogen) atoms. The van der Waals surface area contributed by atoms with E-state index in [1.54, 1.807) is 12.3 Å². The van der Waals surface area contributed by atoms with Gasteiger partial charge in [-0.3, -0.25) is 14.7 Å². The summed E-state index contributed by atoms with van der Waals surface area (Å²) in [6.07, 6.45) is 0.628. The minimum Gasteiger partial charge on any atom is -0.381 e. The first kappa shape index (κ1) is 21.8. The molecule has 1 saturated heterocycles. The summed E-state index contributed by atoms with van der Waals surface area (Å²) in [5.41, 5.74) is 5.44. The molecule has 4 heterocycles. The van der Waals surface area contributed by atoms with Crippen molar-refractivity contribution in [2.24, 2.45) is 0 Å². The van der Waals surface area contributed by atoms with Crippen LogP contribution >= 0.6 is 0 Å². The van der Waals surface area contributed by atoms with Crippen LogP contribution in [0.5, 0.6) is 0 Å². The molecule has 0 atom stereocenters. The lowest BCUT2D eigenvalue weighted by Crippen LogP contribution is -2.46. The summed E-state index contributed by atoms with van der Waals surface area (Å²) in [5, 5.41) is 6.64. The number of nitrogens with one attached hydrogen (secondary N) is 1. The molecule has 0 aliphatic carbocycles. The number of piperazine rings is 1. The van der Waals surface area contributed by atoms with Crippen LogP contribution < -0.4 is 16.0 Å². The second-order valence-electron chi connectivity index (χ2n) is 7.51. The van der Waals surface area contributed by atoms with E-state index < -0.39 is 17.8 Å². The molecule has 12 heteroatoms. The van der Waals surface area contributed by atoms with Gasteiger partial charge >= 0.3 is 6.18 Å². The molecule has 0 aromatic carbocycles. The van der Waals surface area contributed by atoms with Crippen molar-refractivity contribution < 1.29 is 18.0 Å². The third-order valence-electron chi connectivity index (χ3n) is 5.33. The first-order valence-electron chi connectivity index (χ1n) is 10.2. The molecule has 0 radical (unpaired) electrons. The van der Waals surface area contributed by atoms with Crippen LogP contribution in [0.1, 0.15) is 29.4 Å². The number of anilines is 3. The maximum atomic E-state index is 13.1. The summed E-state index contributed by atoms with van der Waals surface area (Å²) < 4.78 is 40.3. The van der Waals surface area contributed by atoms with Crippen LogP contribution in [0.3, 0.4) is 0 Å². The quantitative estimate of drug-likeness (QED) is 0.618. The number of nitrogen functional groups attached to an aromatic ring is 1. The Morgan fingerprint density at radius 2 is 1.97 bits per heavy atom. The Hall–Kier alpha value is -3.41. The molecule has 4 rings (SSSR count). The van der Waals surface area contributed by atoms with Gasteiger partial charge in [-0.25, -0.2) is 9.50 Å². The van der Waals surface area contributed by atoms with Crippen molar-refractivity contribution in [3.63, 3.8) is 0 Å². The molecule has 170 valence electrons. The average molecular weight is 448 g/mol. The summed E-state index contributed by atoms with van der Waals surface area (Å²) in [5.74, 6) is -0.920. The lowest BCUT2D eigenvalue weighted by atomic mass is 10.2. The molecule has 1 aliphatic rings. The predicted octanol–water partition coefficient (Wildman–Crippen LogP) is 2.51. The molecule has 1 amide bonds. The number of hydrogen-bond donors (Lipinski definition) is 2. The molecule has 0 spiro atoms. The second kappa shape index (κ2) is 8.61. The van der Waals surface area contributed by atoms with Gasteiger partial charge in [-0.1, -0.05) is 6.92 Å².